The molecule has 0 aliphatic carbocycles. The first-order chi connectivity index (χ1) is 10.1. The minimum Gasteiger partial charge on any atom is -0.331 e. The van der Waals surface area contributed by atoms with Crippen molar-refractivity contribution in [3.8, 4) is 0 Å². The van der Waals surface area contributed by atoms with Gasteiger partial charge in [0, 0.05) is 12.7 Å². The highest BCUT2D eigenvalue weighted by molar-refractivity contribution is 5.98. The number of hydrogen-bond donors (Lipinski definition) is 1. The molecule has 2 aromatic rings. The minimum absolute atomic E-state index is 0.0370. The first-order valence-electron chi connectivity index (χ1n) is 6.29. The SMILES string of the molecule is CN(CC(=O)Nc1ccccc1)C(=O)c1cccc(F)n1. The van der Waals surface area contributed by atoms with Gasteiger partial charge in [0.2, 0.25) is 11.9 Å². The Hall–Kier alpha value is -2.76. The molecule has 0 fully saturated rings. The lowest BCUT2D eigenvalue weighted by Crippen LogP contribution is -2.35. The number of carbonyl (C=O) groups excluding carboxylic acids is 2. The van der Waals surface area contributed by atoms with E-state index >= 15 is 0 Å². The Balaban J connectivity index is 1.96. The quantitative estimate of drug-likeness (QED) is 0.874. The second-order valence-corrected chi connectivity index (χ2v) is 4.42. The zero-order valence-corrected chi connectivity index (χ0v) is 11.4. The van der Waals surface area contributed by atoms with E-state index in [1.54, 1.807) is 24.3 Å². The molecule has 0 saturated carbocycles. The standard InChI is InChI=1S/C15H14FN3O2/c1-19(15(21)12-8-5-9-13(16)18-12)10-14(20)17-11-6-3-2-4-7-11/h2-9H,10H2,1H3,(H,17,20). The van der Waals surface area contributed by atoms with Crippen LogP contribution in [-0.4, -0.2) is 35.3 Å². The van der Waals surface area contributed by atoms with Crippen molar-refractivity contribution in [1.82, 2.24) is 9.88 Å². The summed E-state index contributed by atoms with van der Waals surface area (Å²) in [7, 11) is 1.46. The van der Waals surface area contributed by atoms with Crippen LogP contribution in [0.1, 0.15) is 10.5 Å². The summed E-state index contributed by atoms with van der Waals surface area (Å²) in [6, 6.07) is 12.9. The van der Waals surface area contributed by atoms with Crippen molar-refractivity contribution >= 4 is 17.5 Å². The lowest BCUT2D eigenvalue weighted by molar-refractivity contribution is -0.116. The van der Waals surface area contributed by atoms with E-state index in [1.807, 2.05) is 6.07 Å². The van der Waals surface area contributed by atoms with Gasteiger partial charge in [0.05, 0.1) is 6.54 Å². The summed E-state index contributed by atoms with van der Waals surface area (Å²) in [5.74, 6) is -1.59. The van der Waals surface area contributed by atoms with Gasteiger partial charge in [-0.3, -0.25) is 9.59 Å². The van der Waals surface area contributed by atoms with E-state index in [9.17, 15) is 14.0 Å². The van der Waals surface area contributed by atoms with Crippen molar-refractivity contribution in [2.75, 3.05) is 18.9 Å². The van der Waals surface area contributed by atoms with Crippen LogP contribution >= 0.6 is 0 Å². The summed E-state index contributed by atoms with van der Waals surface area (Å²) in [6.07, 6.45) is 0. The van der Waals surface area contributed by atoms with Gasteiger partial charge < -0.3 is 10.2 Å². The molecular formula is C15H14FN3O2. The molecule has 1 aromatic heterocycles. The van der Waals surface area contributed by atoms with Crippen LogP contribution in [0.4, 0.5) is 10.1 Å². The van der Waals surface area contributed by atoms with Gasteiger partial charge in [0.15, 0.2) is 0 Å². The van der Waals surface area contributed by atoms with E-state index in [-0.39, 0.29) is 18.1 Å². The number of carbonyl (C=O) groups is 2. The topological polar surface area (TPSA) is 62.3 Å². The fourth-order valence-electron chi connectivity index (χ4n) is 1.73. The normalized spacial score (nSPS) is 10.0. The Morgan fingerprint density at radius 1 is 1.14 bits per heavy atom. The Morgan fingerprint density at radius 2 is 1.86 bits per heavy atom. The lowest BCUT2D eigenvalue weighted by atomic mass is 10.3. The van der Waals surface area contributed by atoms with Gasteiger partial charge in [0.1, 0.15) is 5.69 Å². The molecule has 2 rings (SSSR count). The fourth-order valence-corrected chi connectivity index (χ4v) is 1.73. The van der Waals surface area contributed by atoms with Gasteiger partial charge in [0.25, 0.3) is 5.91 Å². The highest BCUT2D eigenvalue weighted by Gasteiger charge is 2.16. The molecule has 0 unspecified atom stereocenters. The monoisotopic (exact) mass is 287 g/mol. The van der Waals surface area contributed by atoms with Crippen molar-refractivity contribution in [3.63, 3.8) is 0 Å². The Kier molecular flexibility index (Phi) is 4.61. The van der Waals surface area contributed by atoms with Crippen LogP contribution in [0.2, 0.25) is 0 Å². The summed E-state index contributed by atoms with van der Waals surface area (Å²) in [6.45, 7) is -0.147. The van der Waals surface area contributed by atoms with Crippen LogP contribution in [0.25, 0.3) is 0 Å². The third kappa shape index (κ3) is 4.10. The van der Waals surface area contributed by atoms with E-state index in [1.165, 1.54) is 24.1 Å². The van der Waals surface area contributed by atoms with Gasteiger partial charge >= 0.3 is 0 Å². The van der Waals surface area contributed by atoms with Gasteiger partial charge in [-0.1, -0.05) is 24.3 Å². The number of amides is 2. The average molecular weight is 287 g/mol. The van der Waals surface area contributed by atoms with E-state index < -0.39 is 11.9 Å². The molecular weight excluding hydrogens is 273 g/mol. The molecule has 1 N–H and O–H groups in total. The van der Waals surface area contributed by atoms with Gasteiger partial charge in [-0.2, -0.15) is 4.39 Å². The first kappa shape index (κ1) is 14.6. The number of para-hydroxylation sites is 1. The van der Waals surface area contributed by atoms with Crippen LogP contribution in [0.3, 0.4) is 0 Å². The number of likely N-dealkylation sites (N-methyl/N-ethyl adjacent to an activating group) is 1. The Morgan fingerprint density at radius 3 is 2.52 bits per heavy atom. The molecule has 2 amide bonds. The third-order valence-corrected chi connectivity index (χ3v) is 2.72. The Labute approximate surface area is 121 Å². The summed E-state index contributed by atoms with van der Waals surface area (Å²) < 4.78 is 13.0. The number of halogens is 1. The first-order valence-corrected chi connectivity index (χ1v) is 6.29. The zero-order chi connectivity index (χ0) is 15.2. The molecule has 6 heteroatoms. The number of aromatic nitrogens is 1. The molecule has 0 atom stereocenters. The summed E-state index contributed by atoms with van der Waals surface area (Å²) in [4.78, 5) is 28.5. The highest BCUT2D eigenvalue weighted by Crippen LogP contribution is 2.06. The smallest absolute Gasteiger partial charge is 0.272 e. The molecule has 0 aliphatic heterocycles. The summed E-state index contributed by atoms with van der Waals surface area (Å²) in [5.41, 5.74) is 0.609. The van der Waals surface area contributed by atoms with Crippen molar-refractivity contribution < 1.29 is 14.0 Å². The van der Waals surface area contributed by atoms with E-state index in [0.29, 0.717) is 5.69 Å². The molecule has 108 valence electrons. The number of hydrogen-bond acceptors (Lipinski definition) is 3. The molecule has 1 aromatic carbocycles. The van der Waals surface area contributed by atoms with Crippen molar-refractivity contribution in [2.24, 2.45) is 0 Å². The van der Waals surface area contributed by atoms with Crippen LogP contribution < -0.4 is 5.32 Å². The average Bonchev–Trinajstić information content (AvgIpc) is 2.47. The summed E-state index contributed by atoms with van der Waals surface area (Å²) >= 11 is 0. The van der Waals surface area contributed by atoms with E-state index in [2.05, 4.69) is 10.3 Å². The van der Waals surface area contributed by atoms with Gasteiger partial charge in [-0.25, -0.2) is 4.98 Å². The maximum Gasteiger partial charge on any atom is 0.272 e. The maximum atomic E-state index is 13.0. The largest absolute Gasteiger partial charge is 0.331 e. The van der Waals surface area contributed by atoms with Crippen molar-refractivity contribution in [3.05, 3.63) is 60.2 Å². The second kappa shape index (κ2) is 6.60. The van der Waals surface area contributed by atoms with Crippen molar-refractivity contribution in [1.29, 1.82) is 0 Å². The molecule has 5 nitrogen and oxygen atoms in total. The number of rotatable bonds is 4. The predicted molar refractivity (Wildman–Crippen MR) is 76.2 cm³/mol. The number of nitrogens with one attached hydrogen (secondary N) is 1. The van der Waals surface area contributed by atoms with Crippen LogP contribution in [-0.2, 0) is 4.79 Å². The minimum atomic E-state index is -0.733. The molecule has 1 heterocycles. The van der Waals surface area contributed by atoms with Crippen LogP contribution in [0, 0.1) is 5.95 Å². The second-order valence-electron chi connectivity index (χ2n) is 4.42. The Bertz CT molecular complexity index is 646. The molecule has 0 spiro atoms. The maximum absolute atomic E-state index is 13.0. The molecule has 0 saturated heterocycles. The number of benzene rings is 1. The van der Waals surface area contributed by atoms with Crippen LogP contribution in [0.5, 0.6) is 0 Å². The molecule has 21 heavy (non-hydrogen) atoms. The molecule has 0 bridgehead atoms. The fraction of sp³-hybridized carbons (Fsp3) is 0.133. The predicted octanol–water partition coefficient (Wildman–Crippen LogP) is 1.93. The number of anilines is 1. The van der Waals surface area contributed by atoms with Gasteiger partial charge in [-0.05, 0) is 24.3 Å². The van der Waals surface area contributed by atoms with E-state index in [4.69, 9.17) is 0 Å². The number of nitrogens with zero attached hydrogens (tertiary/aromatic N) is 2. The van der Waals surface area contributed by atoms with Crippen LogP contribution in [0.15, 0.2) is 48.5 Å². The zero-order valence-electron chi connectivity index (χ0n) is 11.4. The molecule has 0 radical (unpaired) electrons. The van der Waals surface area contributed by atoms with Gasteiger partial charge in [-0.15, -0.1) is 0 Å². The lowest BCUT2D eigenvalue weighted by Gasteiger charge is -2.16. The van der Waals surface area contributed by atoms with Crippen molar-refractivity contribution in [2.45, 2.75) is 0 Å². The molecule has 0 aliphatic rings. The third-order valence-electron chi connectivity index (χ3n) is 2.72. The highest BCUT2D eigenvalue weighted by atomic mass is 19.1. The number of pyridine rings is 1. The van der Waals surface area contributed by atoms with E-state index in [0.717, 1.165) is 6.07 Å². The summed E-state index contributed by atoms with van der Waals surface area (Å²) in [5, 5.41) is 2.66.